The van der Waals surface area contributed by atoms with Crippen LogP contribution in [0, 0.1) is 0 Å². The summed E-state index contributed by atoms with van der Waals surface area (Å²) >= 11 is 1.34. The van der Waals surface area contributed by atoms with Crippen molar-refractivity contribution in [3.05, 3.63) is 35.9 Å². The van der Waals surface area contributed by atoms with E-state index in [4.69, 9.17) is 0 Å². The van der Waals surface area contributed by atoms with Gasteiger partial charge in [0.15, 0.2) is 0 Å². The Labute approximate surface area is 147 Å². The van der Waals surface area contributed by atoms with Gasteiger partial charge in [-0.1, -0.05) is 42.1 Å². The second kappa shape index (κ2) is 8.53. The second-order valence-corrected chi connectivity index (χ2v) is 7.37. The molecule has 0 saturated carbocycles. The summed E-state index contributed by atoms with van der Waals surface area (Å²) in [6, 6.07) is 10.6. The van der Waals surface area contributed by atoms with Crippen LogP contribution in [0.2, 0.25) is 0 Å². The van der Waals surface area contributed by atoms with Gasteiger partial charge in [0.05, 0.1) is 6.04 Å². The molecule has 0 aliphatic carbocycles. The van der Waals surface area contributed by atoms with Gasteiger partial charge in [-0.05, 0) is 31.5 Å². The highest BCUT2D eigenvalue weighted by atomic mass is 32.2. The standard InChI is InChI=1S/C18H25N3O2S/c22-17(8-11-21-12-13-24-18(21)23)19-14-16(20-9-4-5-10-20)15-6-2-1-3-7-15/h1-3,6-7,16H,4-5,8-14H2,(H,19,22). The van der Waals surface area contributed by atoms with Gasteiger partial charge in [0, 0.05) is 31.8 Å². The molecule has 130 valence electrons. The summed E-state index contributed by atoms with van der Waals surface area (Å²) in [5.74, 6) is 0.866. The van der Waals surface area contributed by atoms with Gasteiger partial charge in [-0.25, -0.2) is 0 Å². The van der Waals surface area contributed by atoms with Crippen molar-refractivity contribution >= 4 is 22.9 Å². The molecule has 1 atom stereocenters. The average Bonchev–Trinajstić information content (AvgIpc) is 3.26. The smallest absolute Gasteiger partial charge is 0.281 e. The van der Waals surface area contributed by atoms with E-state index in [1.807, 2.05) is 6.07 Å². The molecular formula is C18H25N3O2S. The van der Waals surface area contributed by atoms with Crippen LogP contribution in [-0.2, 0) is 4.79 Å². The summed E-state index contributed by atoms with van der Waals surface area (Å²) in [6.07, 6.45) is 2.84. The minimum atomic E-state index is 0.0276. The van der Waals surface area contributed by atoms with Crippen LogP contribution < -0.4 is 5.32 Å². The van der Waals surface area contributed by atoms with Gasteiger partial charge in [-0.15, -0.1) is 0 Å². The summed E-state index contributed by atoms with van der Waals surface area (Å²) in [7, 11) is 0. The number of thioether (sulfide) groups is 1. The largest absolute Gasteiger partial charge is 0.354 e. The lowest BCUT2D eigenvalue weighted by Gasteiger charge is -2.28. The van der Waals surface area contributed by atoms with E-state index in [-0.39, 0.29) is 17.2 Å². The third-order valence-corrected chi connectivity index (χ3v) is 5.60. The first-order valence-corrected chi connectivity index (χ1v) is 9.70. The Morgan fingerprint density at radius 3 is 2.58 bits per heavy atom. The number of amides is 2. The summed E-state index contributed by atoms with van der Waals surface area (Å²) in [6.45, 7) is 4.10. The summed E-state index contributed by atoms with van der Waals surface area (Å²) in [5, 5.41) is 3.17. The number of hydrogen-bond donors (Lipinski definition) is 1. The number of nitrogens with zero attached hydrogens (tertiary/aromatic N) is 2. The Morgan fingerprint density at radius 1 is 1.17 bits per heavy atom. The molecule has 0 radical (unpaired) electrons. The van der Waals surface area contributed by atoms with Crippen LogP contribution in [0.3, 0.4) is 0 Å². The number of likely N-dealkylation sites (tertiary alicyclic amines) is 1. The molecule has 6 heteroatoms. The number of carbonyl (C=O) groups excluding carboxylic acids is 2. The second-order valence-electron chi connectivity index (χ2n) is 6.33. The van der Waals surface area contributed by atoms with Gasteiger partial charge in [0.1, 0.15) is 0 Å². The fourth-order valence-electron chi connectivity index (χ4n) is 3.35. The van der Waals surface area contributed by atoms with Gasteiger partial charge < -0.3 is 10.2 Å². The SMILES string of the molecule is O=C(CCN1CCSC1=O)NCC(c1ccccc1)N1CCCC1. The number of rotatable bonds is 7. The predicted octanol–water partition coefficient (Wildman–Crippen LogP) is 2.50. The van der Waals surface area contributed by atoms with Crippen molar-refractivity contribution in [2.75, 3.05) is 38.5 Å². The van der Waals surface area contributed by atoms with Crippen molar-refractivity contribution in [1.29, 1.82) is 0 Å². The molecule has 0 bridgehead atoms. The molecule has 2 aliphatic rings. The van der Waals surface area contributed by atoms with Crippen molar-refractivity contribution in [3.8, 4) is 0 Å². The van der Waals surface area contributed by atoms with E-state index < -0.39 is 0 Å². The Kier molecular flexibility index (Phi) is 6.15. The van der Waals surface area contributed by atoms with Crippen LogP contribution >= 0.6 is 11.8 Å². The zero-order valence-corrected chi connectivity index (χ0v) is 14.8. The van der Waals surface area contributed by atoms with Crippen molar-refractivity contribution in [2.24, 2.45) is 0 Å². The van der Waals surface area contributed by atoms with E-state index in [1.54, 1.807) is 4.90 Å². The molecule has 1 N–H and O–H groups in total. The van der Waals surface area contributed by atoms with Crippen molar-refractivity contribution < 1.29 is 9.59 Å². The lowest BCUT2D eigenvalue weighted by molar-refractivity contribution is -0.121. The highest BCUT2D eigenvalue weighted by molar-refractivity contribution is 8.13. The number of nitrogens with one attached hydrogen (secondary N) is 1. The highest BCUT2D eigenvalue weighted by Gasteiger charge is 2.24. The molecule has 5 nitrogen and oxygen atoms in total. The molecule has 2 saturated heterocycles. The molecule has 3 rings (SSSR count). The Hall–Kier alpha value is -1.53. The van der Waals surface area contributed by atoms with E-state index in [9.17, 15) is 9.59 Å². The third kappa shape index (κ3) is 4.51. The number of benzene rings is 1. The first-order valence-electron chi connectivity index (χ1n) is 8.71. The van der Waals surface area contributed by atoms with Crippen LogP contribution in [-0.4, -0.2) is 59.4 Å². The maximum absolute atomic E-state index is 12.2. The highest BCUT2D eigenvalue weighted by Crippen LogP contribution is 2.24. The molecule has 1 unspecified atom stereocenters. The minimum absolute atomic E-state index is 0.0276. The first kappa shape index (κ1) is 17.3. The van der Waals surface area contributed by atoms with E-state index in [2.05, 4.69) is 34.5 Å². The normalized spacial score (nSPS) is 19.7. The maximum atomic E-state index is 12.2. The minimum Gasteiger partial charge on any atom is -0.354 e. The summed E-state index contributed by atoms with van der Waals surface area (Å²) in [5.41, 5.74) is 1.26. The summed E-state index contributed by atoms with van der Waals surface area (Å²) in [4.78, 5) is 28.0. The lowest BCUT2D eigenvalue weighted by atomic mass is 10.1. The van der Waals surface area contributed by atoms with Gasteiger partial charge in [-0.2, -0.15) is 0 Å². The van der Waals surface area contributed by atoms with Crippen LogP contribution in [0.1, 0.15) is 30.9 Å². The molecule has 1 aromatic carbocycles. The van der Waals surface area contributed by atoms with Crippen molar-refractivity contribution in [2.45, 2.75) is 25.3 Å². The Morgan fingerprint density at radius 2 is 1.92 bits per heavy atom. The number of hydrogen-bond acceptors (Lipinski definition) is 4. The average molecular weight is 347 g/mol. The van der Waals surface area contributed by atoms with Crippen LogP contribution in [0.4, 0.5) is 4.79 Å². The molecule has 2 amide bonds. The zero-order chi connectivity index (χ0) is 16.8. The molecular weight excluding hydrogens is 322 g/mol. The summed E-state index contributed by atoms with van der Waals surface area (Å²) < 4.78 is 0. The van der Waals surface area contributed by atoms with E-state index >= 15 is 0 Å². The van der Waals surface area contributed by atoms with Crippen molar-refractivity contribution in [1.82, 2.24) is 15.1 Å². The van der Waals surface area contributed by atoms with Crippen LogP contribution in [0.25, 0.3) is 0 Å². The molecule has 1 aromatic rings. The van der Waals surface area contributed by atoms with Gasteiger partial charge in [0.25, 0.3) is 5.24 Å². The van der Waals surface area contributed by atoms with Gasteiger partial charge in [0.2, 0.25) is 5.91 Å². The molecule has 2 aliphatic heterocycles. The molecule has 2 heterocycles. The predicted molar refractivity (Wildman–Crippen MR) is 97.0 cm³/mol. The first-order chi connectivity index (χ1) is 11.7. The zero-order valence-electron chi connectivity index (χ0n) is 13.9. The van der Waals surface area contributed by atoms with Crippen LogP contribution in [0.5, 0.6) is 0 Å². The quantitative estimate of drug-likeness (QED) is 0.823. The third-order valence-electron chi connectivity index (χ3n) is 4.71. The lowest BCUT2D eigenvalue weighted by Crippen LogP contribution is -2.38. The van der Waals surface area contributed by atoms with Gasteiger partial charge >= 0.3 is 0 Å². The van der Waals surface area contributed by atoms with Gasteiger partial charge in [-0.3, -0.25) is 14.5 Å². The Balaban J connectivity index is 1.51. The molecule has 0 aromatic heterocycles. The van der Waals surface area contributed by atoms with Crippen LogP contribution in [0.15, 0.2) is 30.3 Å². The van der Waals surface area contributed by atoms with E-state index in [0.29, 0.717) is 19.5 Å². The molecule has 24 heavy (non-hydrogen) atoms. The van der Waals surface area contributed by atoms with E-state index in [0.717, 1.165) is 25.4 Å². The number of carbonyl (C=O) groups is 2. The van der Waals surface area contributed by atoms with Crippen molar-refractivity contribution in [3.63, 3.8) is 0 Å². The Bertz CT molecular complexity index is 561. The molecule has 0 spiro atoms. The fourth-order valence-corrected chi connectivity index (χ4v) is 4.20. The van der Waals surface area contributed by atoms with E-state index in [1.165, 1.54) is 30.2 Å². The topological polar surface area (TPSA) is 52.7 Å². The monoisotopic (exact) mass is 347 g/mol. The molecule has 2 fully saturated rings. The fraction of sp³-hybridized carbons (Fsp3) is 0.556. The maximum Gasteiger partial charge on any atom is 0.281 e.